The van der Waals surface area contributed by atoms with Crippen LogP contribution in [0.2, 0.25) is 0 Å². The van der Waals surface area contributed by atoms with Crippen molar-refractivity contribution < 1.29 is 9.13 Å². The van der Waals surface area contributed by atoms with Crippen LogP contribution in [0.3, 0.4) is 0 Å². The van der Waals surface area contributed by atoms with E-state index in [1.54, 1.807) is 18.6 Å². The third-order valence-electron chi connectivity index (χ3n) is 7.42. The molecule has 1 aliphatic heterocycles. The predicted octanol–water partition coefficient (Wildman–Crippen LogP) is 6.45. The molecule has 5 heterocycles. The first-order chi connectivity index (χ1) is 19.2. The second-order valence-electron chi connectivity index (χ2n) is 9.98. The number of benzene rings is 2. The number of ether oxygens (including phenoxy) is 1. The third kappa shape index (κ3) is 4.64. The number of hydrogen-bond acceptors (Lipinski definition) is 5. The van der Waals surface area contributed by atoms with E-state index in [2.05, 4.69) is 48.2 Å². The monoisotopic (exact) mass is 518 g/mol. The fourth-order valence-corrected chi connectivity index (χ4v) is 5.44. The number of halogens is 1. The number of aromatic nitrogens is 5. The summed E-state index contributed by atoms with van der Waals surface area (Å²) in [4.78, 5) is 14.5. The van der Waals surface area contributed by atoms with E-state index in [1.807, 2.05) is 30.5 Å². The summed E-state index contributed by atoms with van der Waals surface area (Å²) in [6.07, 6.45) is 9.64. The van der Waals surface area contributed by atoms with Gasteiger partial charge in [-0.1, -0.05) is 12.1 Å². The molecule has 4 aromatic heterocycles. The molecule has 7 nitrogen and oxygen atoms in total. The summed E-state index contributed by atoms with van der Waals surface area (Å²) in [6.45, 7) is 3.60. The molecule has 2 aromatic carbocycles. The summed E-state index contributed by atoms with van der Waals surface area (Å²) in [5, 5.41) is 9.69. The molecule has 0 aliphatic carbocycles. The fourth-order valence-electron chi connectivity index (χ4n) is 5.44. The number of nitrogens with zero attached hydrogens (tertiary/aromatic N) is 4. The SMILES string of the molecule is Fc1cc(OCCN2CCCC2)cc(-c2cncc3[nH]c(-c4n[nH]c5ccc(-c6cccnc6)cc45)cc23)c1. The van der Waals surface area contributed by atoms with Crippen molar-refractivity contribution in [2.75, 3.05) is 26.2 Å². The second kappa shape index (κ2) is 9.96. The Balaban J connectivity index is 1.23. The van der Waals surface area contributed by atoms with E-state index in [-0.39, 0.29) is 5.82 Å². The zero-order valence-corrected chi connectivity index (χ0v) is 21.3. The van der Waals surface area contributed by atoms with Gasteiger partial charge in [0.15, 0.2) is 0 Å². The van der Waals surface area contributed by atoms with E-state index in [4.69, 9.17) is 4.74 Å². The quantitative estimate of drug-likeness (QED) is 0.254. The van der Waals surface area contributed by atoms with Crippen molar-refractivity contribution in [2.45, 2.75) is 12.8 Å². The summed E-state index contributed by atoms with van der Waals surface area (Å²) in [7, 11) is 0. The molecule has 1 saturated heterocycles. The highest BCUT2D eigenvalue weighted by molar-refractivity contribution is 6.01. The van der Waals surface area contributed by atoms with Gasteiger partial charge in [-0.25, -0.2) is 4.39 Å². The van der Waals surface area contributed by atoms with Gasteiger partial charge in [0.2, 0.25) is 0 Å². The molecule has 8 heteroatoms. The maximum absolute atomic E-state index is 14.7. The van der Waals surface area contributed by atoms with Crippen molar-refractivity contribution in [1.82, 2.24) is 30.0 Å². The number of rotatable bonds is 7. The van der Waals surface area contributed by atoms with Crippen LogP contribution in [-0.4, -0.2) is 56.3 Å². The first kappa shape index (κ1) is 23.5. The van der Waals surface area contributed by atoms with Gasteiger partial charge < -0.3 is 9.72 Å². The van der Waals surface area contributed by atoms with E-state index in [1.165, 1.54) is 25.0 Å². The van der Waals surface area contributed by atoms with Crippen molar-refractivity contribution in [3.8, 4) is 39.4 Å². The highest BCUT2D eigenvalue weighted by Crippen LogP contribution is 2.36. The third-order valence-corrected chi connectivity index (χ3v) is 7.42. The van der Waals surface area contributed by atoms with Gasteiger partial charge in [0.1, 0.15) is 23.9 Å². The van der Waals surface area contributed by atoms with Crippen LogP contribution >= 0.6 is 0 Å². The van der Waals surface area contributed by atoms with Gasteiger partial charge in [0.05, 0.1) is 22.9 Å². The average molecular weight is 519 g/mol. The van der Waals surface area contributed by atoms with E-state index >= 15 is 0 Å². The summed E-state index contributed by atoms with van der Waals surface area (Å²) < 4.78 is 20.6. The number of hydrogen-bond donors (Lipinski definition) is 2. The van der Waals surface area contributed by atoms with Gasteiger partial charge in [0.25, 0.3) is 0 Å². The highest BCUT2D eigenvalue weighted by Gasteiger charge is 2.16. The minimum absolute atomic E-state index is 0.335. The van der Waals surface area contributed by atoms with Gasteiger partial charge in [-0.15, -0.1) is 0 Å². The number of aromatic amines is 2. The van der Waals surface area contributed by atoms with Crippen LogP contribution < -0.4 is 4.74 Å². The van der Waals surface area contributed by atoms with Crippen molar-refractivity contribution in [3.63, 3.8) is 0 Å². The van der Waals surface area contributed by atoms with Gasteiger partial charge in [-0.05, 0) is 73.5 Å². The van der Waals surface area contributed by atoms with E-state index in [0.29, 0.717) is 12.4 Å². The van der Waals surface area contributed by atoms with Crippen molar-refractivity contribution in [2.24, 2.45) is 0 Å². The van der Waals surface area contributed by atoms with Crippen molar-refractivity contribution in [3.05, 3.63) is 85.2 Å². The zero-order valence-electron chi connectivity index (χ0n) is 21.3. The van der Waals surface area contributed by atoms with Crippen molar-refractivity contribution >= 4 is 21.8 Å². The first-order valence-corrected chi connectivity index (χ1v) is 13.2. The van der Waals surface area contributed by atoms with Crippen LogP contribution in [-0.2, 0) is 0 Å². The lowest BCUT2D eigenvalue weighted by Crippen LogP contribution is -2.25. The molecule has 0 bridgehead atoms. The number of likely N-dealkylation sites (tertiary alicyclic amines) is 1. The van der Waals surface area contributed by atoms with Crippen LogP contribution in [0.15, 0.2) is 79.4 Å². The van der Waals surface area contributed by atoms with Crippen molar-refractivity contribution in [1.29, 1.82) is 0 Å². The molecule has 0 saturated carbocycles. The number of nitrogens with one attached hydrogen (secondary N) is 2. The molecular weight excluding hydrogens is 491 g/mol. The molecule has 0 radical (unpaired) electrons. The summed E-state index contributed by atoms with van der Waals surface area (Å²) in [5.41, 5.74) is 7.11. The molecule has 2 N–H and O–H groups in total. The molecule has 0 amide bonds. The molecular formula is C31H27FN6O. The Labute approximate surface area is 224 Å². The molecule has 7 rings (SSSR count). The molecule has 194 valence electrons. The molecule has 0 atom stereocenters. The van der Waals surface area contributed by atoms with Gasteiger partial charge >= 0.3 is 0 Å². The van der Waals surface area contributed by atoms with Gasteiger partial charge in [-0.3, -0.25) is 20.0 Å². The van der Waals surface area contributed by atoms with Crippen LogP contribution in [0.4, 0.5) is 4.39 Å². The largest absolute Gasteiger partial charge is 0.492 e. The number of H-pyrrole nitrogens is 2. The Kier molecular flexibility index (Phi) is 6.01. The fraction of sp³-hybridized carbons (Fsp3) is 0.194. The molecule has 0 spiro atoms. The van der Waals surface area contributed by atoms with Gasteiger partial charge in [-0.2, -0.15) is 5.10 Å². The number of pyridine rings is 2. The minimum atomic E-state index is -0.335. The normalized spacial score (nSPS) is 14.0. The maximum atomic E-state index is 14.7. The summed E-state index contributed by atoms with van der Waals surface area (Å²) in [5.74, 6) is 0.191. The Hall–Kier alpha value is -4.56. The smallest absolute Gasteiger partial charge is 0.127 e. The lowest BCUT2D eigenvalue weighted by Gasteiger charge is -2.15. The lowest BCUT2D eigenvalue weighted by atomic mass is 10.0. The van der Waals surface area contributed by atoms with Crippen LogP contribution in [0.25, 0.3) is 55.4 Å². The second-order valence-corrected chi connectivity index (χ2v) is 9.98. The van der Waals surface area contributed by atoms with Gasteiger partial charge in [0, 0.05) is 53.1 Å². The minimum Gasteiger partial charge on any atom is -0.492 e. The molecule has 39 heavy (non-hydrogen) atoms. The first-order valence-electron chi connectivity index (χ1n) is 13.2. The Morgan fingerprint density at radius 1 is 0.846 bits per heavy atom. The molecule has 6 aromatic rings. The lowest BCUT2D eigenvalue weighted by molar-refractivity contribution is 0.237. The summed E-state index contributed by atoms with van der Waals surface area (Å²) in [6, 6.07) is 17.1. The molecule has 1 fully saturated rings. The molecule has 0 unspecified atom stereocenters. The van der Waals surface area contributed by atoms with Crippen LogP contribution in [0, 0.1) is 5.82 Å². The summed E-state index contributed by atoms with van der Waals surface area (Å²) >= 11 is 0. The topological polar surface area (TPSA) is 82.7 Å². The van der Waals surface area contributed by atoms with Crippen LogP contribution in [0.1, 0.15) is 12.8 Å². The van der Waals surface area contributed by atoms with Crippen LogP contribution in [0.5, 0.6) is 5.75 Å². The van der Waals surface area contributed by atoms with E-state index in [0.717, 1.165) is 75.1 Å². The highest BCUT2D eigenvalue weighted by atomic mass is 19.1. The Morgan fingerprint density at radius 3 is 2.64 bits per heavy atom. The predicted molar refractivity (Wildman–Crippen MR) is 151 cm³/mol. The molecule has 1 aliphatic rings. The Bertz CT molecular complexity index is 1770. The van der Waals surface area contributed by atoms with E-state index < -0.39 is 0 Å². The number of fused-ring (bicyclic) bond motifs is 2. The average Bonchev–Trinajstić information content (AvgIpc) is 3.72. The maximum Gasteiger partial charge on any atom is 0.127 e. The Morgan fingerprint density at radius 2 is 1.77 bits per heavy atom. The standard InChI is InChI=1S/C31H27FN6O/c32-23-12-22(13-24(15-23)39-11-10-38-8-1-2-9-38)27-18-34-19-30-25(27)16-29(35-30)31-26-14-20(5-6-28(26)36-37-31)21-4-3-7-33-17-21/h3-7,12-19,35H,1-2,8-11H2,(H,36,37). The van der Waals surface area contributed by atoms with E-state index in [9.17, 15) is 4.39 Å². The zero-order chi connectivity index (χ0) is 26.2.